The molecule has 2 nitrogen and oxygen atoms in total. The van der Waals surface area contributed by atoms with Gasteiger partial charge in [-0.1, -0.05) is 12.8 Å². The van der Waals surface area contributed by atoms with Gasteiger partial charge in [0, 0.05) is 24.3 Å². The van der Waals surface area contributed by atoms with Gasteiger partial charge < -0.3 is 10.6 Å². The van der Waals surface area contributed by atoms with Crippen LogP contribution < -0.4 is 10.6 Å². The average Bonchev–Trinajstić information content (AvgIpc) is 2.87. The molecule has 0 radical (unpaired) electrons. The van der Waals surface area contributed by atoms with E-state index in [1.807, 2.05) is 6.07 Å². The molecule has 1 aliphatic carbocycles. The van der Waals surface area contributed by atoms with E-state index in [-0.39, 0.29) is 11.9 Å². The minimum atomic E-state index is -0.178. The van der Waals surface area contributed by atoms with Crippen LogP contribution in [-0.2, 0) is 0 Å². The van der Waals surface area contributed by atoms with Crippen LogP contribution in [0.25, 0.3) is 0 Å². The second kappa shape index (κ2) is 3.74. The Hall–Kier alpha value is -1.09. The van der Waals surface area contributed by atoms with Crippen molar-refractivity contribution in [1.82, 2.24) is 0 Å². The highest BCUT2D eigenvalue weighted by molar-refractivity contribution is 5.60. The fourth-order valence-electron chi connectivity index (χ4n) is 3.05. The van der Waals surface area contributed by atoms with Gasteiger partial charge in [0.15, 0.2) is 0 Å². The summed E-state index contributed by atoms with van der Waals surface area (Å²) >= 11 is 0. The van der Waals surface area contributed by atoms with Crippen LogP contribution in [0.4, 0.5) is 10.1 Å². The predicted octanol–water partition coefficient (Wildman–Crippen LogP) is 2.59. The van der Waals surface area contributed by atoms with Crippen LogP contribution in [0.3, 0.4) is 0 Å². The molecule has 0 amide bonds. The summed E-state index contributed by atoms with van der Waals surface area (Å²) in [4.78, 5) is 2.38. The van der Waals surface area contributed by atoms with Crippen molar-refractivity contribution in [3.05, 3.63) is 29.6 Å². The van der Waals surface area contributed by atoms with Crippen LogP contribution in [0.2, 0.25) is 0 Å². The first-order valence-corrected chi connectivity index (χ1v) is 6.07. The molecular formula is C13H17FN2. The lowest BCUT2D eigenvalue weighted by atomic mass is 10.1. The van der Waals surface area contributed by atoms with Crippen molar-refractivity contribution in [3.63, 3.8) is 0 Å². The van der Waals surface area contributed by atoms with E-state index in [1.165, 1.54) is 25.7 Å². The van der Waals surface area contributed by atoms with E-state index in [0.29, 0.717) is 6.04 Å². The Labute approximate surface area is 95.2 Å². The number of fused-ring (bicyclic) bond motifs is 1. The van der Waals surface area contributed by atoms with Gasteiger partial charge in [-0.2, -0.15) is 0 Å². The van der Waals surface area contributed by atoms with Gasteiger partial charge in [0.25, 0.3) is 0 Å². The summed E-state index contributed by atoms with van der Waals surface area (Å²) in [5, 5.41) is 0. The topological polar surface area (TPSA) is 29.3 Å². The third-order valence-corrected chi connectivity index (χ3v) is 3.86. The number of benzene rings is 1. The maximum absolute atomic E-state index is 13.2. The van der Waals surface area contributed by atoms with E-state index >= 15 is 0 Å². The lowest BCUT2D eigenvalue weighted by molar-refractivity contribution is 0.597. The first kappa shape index (κ1) is 10.1. The molecule has 86 valence electrons. The number of rotatable bonds is 1. The highest BCUT2D eigenvalue weighted by atomic mass is 19.1. The maximum Gasteiger partial charge on any atom is 0.123 e. The number of nitrogens with two attached hydrogens (primary N) is 1. The first-order valence-electron chi connectivity index (χ1n) is 6.07. The predicted molar refractivity (Wildman–Crippen MR) is 62.9 cm³/mol. The van der Waals surface area contributed by atoms with Crippen molar-refractivity contribution >= 4 is 5.69 Å². The molecule has 0 spiro atoms. The van der Waals surface area contributed by atoms with Gasteiger partial charge in [0.2, 0.25) is 0 Å². The molecule has 0 bridgehead atoms. The minimum Gasteiger partial charge on any atom is -0.366 e. The van der Waals surface area contributed by atoms with Crippen molar-refractivity contribution in [2.75, 3.05) is 11.4 Å². The first-order chi connectivity index (χ1) is 7.75. The van der Waals surface area contributed by atoms with Crippen molar-refractivity contribution in [1.29, 1.82) is 0 Å². The fourth-order valence-corrected chi connectivity index (χ4v) is 3.05. The fraction of sp³-hybridized carbons (Fsp3) is 0.538. The van der Waals surface area contributed by atoms with Crippen LogP contribution in [0.15, 0.2) is 18.2 Å². The standard InChI is InChI=1S/C13H17FN2/c14-9-5-6-13-11(7-9)12(15)8-16(13)10-3-1-2-4-10/h5-7,10,12H,1-4,8,15H2. The van der Waals surface area contributed by atoms with Crippen LogP contribution in [-0.4, -0.2) is 12.6 Å². The second-order valence-corrected chi connectivity index (χ2v) is 4.90. The van der Waals surface area contributed by atoms with Crippen molar-refractivity contribution in [2.24, 2.45) is 5.73 Å². The van der Waals surface area contributed by atoms with E-state index in [2.05, 4.69) is 4.90 Å². The smallest absolute Gasteiger partial charge is 0.123 e. The SMILES string of the molecule is NC1CN(C2CCCC2)c2ccc(F)cc21. The molecule has 16 heavy (non-hydrogen) atoms. The zero-order chi connectivity index (χ0) is 11.1. The molecule has 1 heterocycles. The number of halogens is 1. The summed E-state index contributed by atoms with van der Waals surface area (Å²) in [5.41, 5.74) is 8.20. The van der Waals surface area contributed by atoms with Crippen LogP contribution >= 0.6 is 0 Å². The molecule has 3 heteroatoms. The molecule has 0 aromatic heterocycles. The third kappa shape index (κ3) is 1.50. The molecule has 2 N–H and O–H groups in total. The molecule has 2 aliphatic rings. The zero-order valence-corrected chi connectivity index (χ0v) is 9.32. The molecule has 1 atom stereocenters. The lowest BCUT2D eigenvalue weighted by Crippen LogP contribution is -2.33. The van der Waals surface area contributed by atoms with Gasteiger partial charge >= 0.3 is 0 Å². The Bertz CT molecular complexity index is 399. The monoisotopic (exact) mass is 220 g/mol. The quantitative estimate of drug-likeness (QED) is 0.788. The molecule has 1 fully saturated rings. The molecule has 0 saturated heterocycles. The van der Waals surface area contributed by atoms with Crippen molar-refractivity contribution < 1.29 is 4.39 Å². The summed E-state index contributed by atoms with van der Waals surface area (Å²) in [5.74, 6) is -0.178. The molecule has 1 aromatic carbocycles. The highest BCUT2D eigenvalue weighted by Gasteiger charge is 2.32. The largest absolute Gasteiger partial charge is 0.366 e. The Morgan fingerprint density at radius 2 is 2.00 bits per heavy atom. The summed E-state index contributed by atoms with van der Waals surface area (Å²) in [6.07, 6.45) is 5.13. The summed E-state index contributed by atoms with van der Waals surface area (Å²) in [6, 6.07) is 5.62. The second-order valence-electron chi connectivity index (χ2n) is 4.90. The van der Waals surface area contributed by atoms with Gasteiger partial charge in [0.05, 0.1) is 0 Å². The van der Waals surface area contributed by atoms with Crippen molar-refractivity contribution in [3.8, 4) is 0 Å². The Kier molecular flexibility index (Phi) is 2.36. The Morgan fingerprint density at radius 1 is 1.25 bits per heavy atom. The van der Waals surface area contributed by atoms with E-state index in [9.17, 15) is 4.39 Å². The molecule has 3 rings (SSSR count). The average molecular weight is 220 g/mol. The summed E-state index contributed by atoms with van der Waals surface area (Å²) < 4.78 is 13.2. The van der Waals surface area contributed by atoms with E-state index in [1.54, 1.807) is 12.1 Å². The van der Waals surface area contributed by atoms with Crippen LogP contribution in [0.5, 0.6) is 0 Å². The molecule has 1 aromatic rings. The molecule has 1 saturated carbocycles. The molecular weight excluding hydrogens is 203 g/mol. The lowest BCUT2D eigenvalue weighted by Gasteiger charge is -2.26. The minimum absolute atomic E-state index is 0.0219. The number of hydrogen-bond donors (Lipinski definition) is 1. The highest BCUT2D eigenvalue weighted by Crippen LogP contribution is 2.38. The number of nitrogens with zero attached hydrogens (tertiary/aromatic N) is 1. The molecule has 1 unspecified atom stereocenters. The van der Waals surface area contributed by atoms with Gasteiger partial charge in [0.1, 0.15) is 5.82 Å². The van der Waals surface area contributed by atoms with Crippen molar-refractivity contribution in [2.45, 2.75) is 37.8 Å². The third-order valence-electron chi connectivity index (χ3n) is 3.86. The Balaban J connectivity index is 1.95. The number of hydrogen-bond acceptors (Lipinski definition) is 2. The van der Waals surface area contributed by atoms with E-state index in [4.69, 9.17) is 5.73 Å². The Morgan fingerprint density at radius 3 is 2.75 bits per heavy atom. The van der Waals surface area contributed by atoms with Gasteiger partial charge in [-0.25, -0.2) is 4.39 Å². The van der Waals surface area contributed by atoms with Gasteiger partial charge in [-0.3, -0.25) is 0 Å². The van der Waals surface area contributed by atoms with E-state index < -0.39 is 0 Å². The van der Waals surface area contributed by atoms with Crippen LogP contribution in [0, 0.1) is 5.82 Å². The van der Waals surface area contributed by atoms with E-state index in [0.717, 1.165) is 17.8 Å². The van der Waals surface area contributed by atoms with Gasteiger partial charge in [-0.05, 0) is 36.6 Å². The normalized spacial score (nSPS) is 25.1. The van der Waals surface area contributed by atoms with Crippen LogP contribution in [0.1, 0.15) is 37.3 Å². The zero-order valence-electron chi connectivity index (χ0n) is 9.32. The summed E-state index contributed by atoms with van der Waals surface area (Å²) in [6.45, 7) is 0.851. The molecule has 1 aliphatic heterocycles. The van der Waals surface area contributed by atoms with Gasteiger partial charge in [-0.15, -0.1) is 0 Å². The maximum atomic E-state index is 13.2. The summed E-state index contributed by atoms with van der Waals surface area (Å²) in [7, 11) is 0. The number of anilines is 1.